The molecule has 2 heterocycles. The van der Waals surface area contributed by atoms with E-state index in [4.69, 9.17) is 4.42 Å². The topological polar surface area (TPSA) is 79.1 Å². The van der Waals surface area contributed by atoms with E-state index >= 15 is 0 Å². The van der Waals surface area contributed by atoms with Crippen molar-refractivity contribution in [1.82, 2.24) is 9.97 Å². The minimum absolute atomic E-state index is 0.533. The van der Waals surface area contributed by atoms with Crippen LogP contribution in [0, 0.1) is 6.92 Å². The number of rotatable bonds is 3. The summed E-state index contributed by atoms with van der Waals surface area (Å²) < 4.78 is 5.49. The minimum Gasteiger partial charge on any atom is -0.480 e. The van der Waals surface area contributed by atoms with Crippen molar-refractivity contribution in [2.45, 2.75) is 31.6 Å². The number of aliphatic carboxylic acids is 1. The molecule has 0 aromatic carbocycles. The van der Waals surface area contributed by atoms with E-state index in [0.29, 0.717) is 24.4 Å². The van der Waals surface area contributed by atoms with Crippen LogP contribution in [0.2, 0.25) is 0 Å². The van der Waals surface area contributed by atoms with E-state index in [1.165, 1.54) is 0 Å². The zero-order valence-electron chi connectivity index (χ0n) is 10.1. The Labute approximate surface area is 104 Å². The van der Waals surface area contributed by atoms with Gasteiger partial charge in [-0.3, -0.25) is 4.79 Å². The lowest BCUT2D eigenvalue weighted by atomic mass is 9.68. The van der Waals surface area contributed by atoms with Crippen molar-refractivity contribution in [2.75, 3.05) is 0 Å². The second-order valence-electron chi connectivity index (χ2n) is 4.80. The van der Waals surface area contributed by atoms with E-state index in [2.05, 4.69) is 9.97 Å². The number of aryl methyl sites for hydroxylation is 1. The molecule has 2 N–H and O–H groups in total. The third-order valence-electron chi connectivity index (χ3n) is 3.65. The van der Waals surface area contributed by atoms with Gasteiger partial charge in [0.2, 0.25) is 0 Å². The molecule has 1 aliphatic carbocycles. The summed E-state index contributed by atoms with van der Waals surface area (Å²) >= 11 is 0. The summed E-state index contributed by atoms with van der Waals surface area (Å²) in [6.45, 7) is 1.87. The quantitative estimate of drug-likeness (QED) is 0.872. The van der Waals surface area contributed by atoms with Gasteiger partial charge in [0.15, 0.2) is 5.76 Å². The molecule has 0 aliphatic heterocycles. The molecular weight excluding hydrogens is 232 g/mol. The van der Waals surface area contributed by atoms with E-state index in [0.717, 1.165) is 17.9 Å². The maximum Gasteiger partial charge on any atom is 0.317 e. The SMILES string of the molecule is Cc1ccc(-c2cnc(C3(C(=O)O)CCC3)[nH]2)o1. The number of carboxylic acids is 1. The zero-order chi connectivity index (χ0) is 12.8. The van der Waals surface area contributed by atoms with Crippen molar-refractivity contribution in [1.29, 1.82) is 0 Å². The lowest BCUT2D eigenvalue weighted by Crippen LogP contribution is -2.43. The summed E-state index contributed by atoms with van der Waals surface area (Å²) in [6, 6.07) is 3.72. The molecule has 5 nitrogen and oxygen atoms in total. The second-order valence-corrected chi connectivity index (χ2v) is 4.80. The van der Waals surface area contributed by atoms with E-state index < -0.39 is 11.4 Å². The van der Waals surface area contributed by atoms with Gasteiger partial charge in [-0.25, -0.2) is 4.98 Å². The number of H-pyrrole nitrogens is 1. The van der Waals surface area contributed by atoms with E-state index in [1.54, 1.807) is 6.20 Å². The molecule has 2 aromatic rings. The van der Waals surface area contributed by atoms with E-state index in [1.807, 2.05) is 19.1 Å². The van der Waals surface area contributed by atoms with Crippen molar-refractivity contribution >= 4 is 5.97 Å². The molecule has 0 atom stereocenters. The molecule has 2 aromatic heterocycles. The molecule has 0 amide bonds. The maximum atomic E-state index is 11.4. The smallest absolute Gasteiger partial charge is 0.317 e. The number of hydrogen-bond acceptors (Lipinski definition) is 3. The zero-order valence-corrected chi connectivity index (χ0v) is 10.1. The Morgan fingerprint density at radius 3 is 2.78 bits per heavy atom. The lowest BCUT2D eigenvalue weighted by molar-refractivity contribution is -0.147. The van der Waals surface area contributed by atoms with Crippen LogP contribution in [-0.4, -0.2) is 21.0 Å². The molecule has 0 radical (unpaired) electrons. The molecular formula is C13H14N2O3. The number of carbonyl (C=O) groups is 1. The summed E-state index contributed by atoms with van der Waals surface area (Å²) in [5.41, 5.74) is -0.0921. The minimum atomic E-state index is -0.820. The number of hydrogen-bond donors (Lipinski definition) is 2. The number of nitrogens with one attached hydrogen (secondary N) is 1. The fourth-order valence-corrected chi connectivity index (χ4v) is 2.35. The predicted octanol–water partition coefficient (Wildman–Crippen LogP) is 2.48. The van der Waals surface area contributed by atoms with Gasteiger partial charge >= 0.3 is 5.97 Å². The van der Waals surface area contributed by atoms with Crippen molar-refractivity contribution in [3.63, 3.8) is 0 Å². The lowest BCUT2D eigenvalue weighted by Gasteiger charge is -2.35. The average Bonchev–Trinajstić information content (AvgIpc) is 2.84. The molecule has 1 fully saturated rings. The van der Waals surface area contributed by atoms with Crippen LogP contribution in [-0.2, 0) is 10.2 Å². The first-order chi connectivity index (χ1) is 8.62. The summed E-state index contributed by atoms with van der Waals surface area (Å²) in [7, 11) is 0. The fraction of sp³-hybridized carbons (Fsp3) is 0.385. The second kappa shape index (κ2) is 3.73. The summed E-state index contributed by atoms with van der Waals surface area (Å²) in [4.78, 5) is 18.7. The van der Waals surface area contributed by atoms with Crippen LogP contribution in [0.25, 0.3) is 11.5 Å². The van der Waals surface area contributed by atoms with Crippen molar-refractivity contribution < 1.29 is 14.3 Å². The number of imidazole rings is 1. The van der Waals surface area contributed by atoms with E-state index in [-0.39, 0.29) is 0 Å². The maximum absolute atomic E-state index is 11.4. The van der Waals surface area contributed by atoms with Gasteiger partial charge in [-0.15, -0.1) is 0 Å². The Morgan fingerprint density at radius 1 is 1.50 bits per heavy atom. The van der Waals surface area contributed by atoms with Crippen LogP contribution >= 0.6 is 0 Å². The highest BCUT2D eigenvalue weighted by Crippen LogP contribution is 2.43. The molecule has 0 unspecified atom stereocenters. The molecule has 3 rings (SSSR count). The summed E-state index contributed by atoms with van der Waals surface area (Å²) in [5, 5.41) is 9.34. The standard InChI is InChI=1S/C13H14N2O3/c1-8-3-4-10(18-8)9-7-14-11(15-9)13(12(16)17)5-2-6-13/h3-4,7H,2,5-6H2,1H3,(H,14,15)(H,16,17). The first-order valence-corrected chi connectivity index (χ1v) is 5.97. The molecule has 1 aliphatic rings. The van der Waals surface area contributed by atoms with Crippen molar-refractivity contribution in [3.05, 3.63) is 29.9 Å². The molecule has 0 bridgehead atoms. The normalized spacial score (nSPS) is 17.4. The Balaban J connectivity index is 1.96. The van der Waals surface area contributed by atoms with Gasteiger partial charge in [-0.2, -0.15) is 0 Å². The van der Waals surface area contributed by atoms with Gasteiger partial charge in [0, 0.05) is 0 Å². The van der Waals surface area contributed by atoms with Crippen molar-refractivity contribution in [2.24, 2.45) is 0 Å². The van der Waals surface area contributed by atoms with Crippen LogP contribution in [0.1, 0.15) is 30.8 Å². The number of nitrogens with zero attached hydrogens (tertiary/aromatic N) is 1. The first kappa shape index (κ1) is 11.1. The number of aromatic nitrogens is 2. The molecule has 5 heteroatoms. The first-order valence-electron chi connectivity index (χ1n) is 5.97. The molecule has 94 valence electrons. The third kappa shape index (κ3) is 1.47. The van der Waals surface area contributed by atoms with Crippen LogP contribution in [0.5, 0.6) is 0 Å². The monoisotopic (exact) mass is 246 g/mol. The van der Waals surface area contributed by atoms with E-state index in [9.17, 15) is 9.90 Å². The average molecular weight is 246 g/mol. The van der Waals surface area contributed by atoms with Crippen LogP contribution in [0.15, 0.2) is 22.7 Å². The highest BCUT2D eigenvalue weighted by Gasteiger charge is 2.48. The number of aromatic amines is 1. The van der Waals surface area contributed by atoms with Crippen molar-refractivity contribution in [3.8, 4) is 11.5 Å². The van der Waals surface area contributed by atoms with Crippen LogP contribution < -0.4 is 0 Å². The highest BCUT2D eigenvalue weighted by molar-refractivity contribution is 5.81. The Kier molecular flexibility index (Phi) is 2.29. The molecule has 0 spiro atoms. The van der Waals surface area contributed by atoms with Gasteiger partial charge < -0.3 is 14.5 Å². The highest BCUT2D eigenvalue weighted by atomic mass is 16.4. The Bertz CT molecular complexity index is 593. The largest absolute Gasteiger partial charge is 0.480 e. The van der Waals surface area contributed by atoms with Crippen LogP contribution in [0.3, 0.4) is 0 Å². The molecule has 18 heavy (non-hydrogen) atoms. The summed E-state index contributed by atoms with van der Waals surface area (Å²) in [6.07, 6.45) is 3.86. The van der Waals surface area contributed by atoms with Gasteiger partial charge in [0.1, 0.15) is 22.7 Å². The predicted molar refractivity (Wildman–Crippen MR) is 64.2 cm³/mol. The van der Waals surface area contributed by atoms with Crippen LogP contribution in [0.4, 0.5) is 0 Å². The van der Waals surface area contributed by atoms with Gasteiger partial charge in [-0.05, 0) is 31.9 Å². The fourth-order valence-electron chi connectivity index (χ4n) is 2.35. The number of furan rings is 1. The summed E-state index contributed by atoms with van der Waals surface area (Å²) in [5.74, 6) is 1.24. The van der Waals surface area contributed by atoms with Gasteiger partial charge in [-0.1, -0.05) is 6.42 Å². The third-order valence-corrected chi connectivity index (χ3v) is 3.65. The number of carboxylic acid groups (broad SMARTS) is 1. The van der Waals surface area contributed by atoms with Gasteiger partial charge in [0.25, 0.3) is 0 Å². The Hall–Kier alpha value is -2.04. The molecule has 1 saturated carbocycles. The Morgan fingerprint density at radius 2 is 2.28 bits per heavy atom. The van der Waals surface area contributed by atoms with Gasteiger partial charge in [0.05, 0.1) is 6.20 Å². The molecule has 0 saturated heterocycles.